The van der Waals surface area contributed by atoms with Crippen molar-refractivity contribution in [3.63, 3.8) is 0 Å². The van der Waals surface area contributed by atoms with Crippen LogP contribution in [0.2, 0.25) is 0 Å². The van der Waals surface area contributed by atoms with Crippen molar-refractivity contribution in [1.82, 2.24) is 4.57 Å². The highest BCUT2D eigenvalue weighted by molar-refractivity contribution is 5.84. The van der Waals surface area contributed by atoms with Crippen LogP contribution in [0.15, 0.2) is 48.7 Å². The van der Waals surface area contributed by atoms with Gasteiger partial charge in [-0.25, -0.2) is 0 Å². The SMILES string of the molecule is Cc1cc(O)ccc1NCc1cn(C)c2ccccc12. The first-order valence-electron chi connectivity index (χ1n) is 6.71. The van der Waals surface area contributed by atoms with E-state index >= 15 is 0 Å². The van der Waals surface area contributed by atoms with Gasteiger partial charge in [0, 0.05) is 36.4 Å². The predicted molar refractivity (Wildman–Crippen MR) is 83.1 cm³/mol. The van der Waals surface area contributed by atoms with Crippen LogP contribution in [-0.2, 0) is 13.6 Å². The maximum absolute atomic E-state index is 9.44. The lowest BCUT2D eigenvalue weighted by Crippen LogP contribution is -2.00. The third-order valence-corrected chi connectivity index (χ3v) is 3.66. The maximum Gasteiger partial charge on any atom is 0.115 e. The Kier molecular flexibility index (Phi) is 3.11. The number of phenols is 1. The Morgan fingerprint density at radius 1 is 1.15 bits per heavy atom. The van der Waals surface area contributed by atoms with Gasteiger partial charge in [0.05, 0.1) is 0 Å². The van der Waals surface area contributed by atoms with Crippen LogP contribution in [0.25, 0.3) is 10.9 Å². The first-order valence-corrected chi connectivity index (χ1v) is 6.71. The van der Waals surface area contributed by atoms with Gasteiger partial charge in [-0.3, -0.25) is 0 Å². The summed E-state index contributed by atoms with van der Waals surface area (Å²) in [5.74, 6) is 0.304. The fraction of sp³-hybridized carbons (Fsp3) is 0.176. The first-order chi connectivity index (χ1) is 9.65. The smallest absolute Gasteiger partial charge is 0.115 e. The molecule has 3 heteroatoms. The van der Waals surface area contributed by atoms with E-state index in [0.717, 1.165) is 17.8 Å². The molecule has 0 spiro atoms. The quantitative estimate of drug-likeness (QED) is 0.707. The third-order valence-electron chi connectivity index (χ3n) is 3.66. The lowest BCUT2D eigenvalue weighted by molar-refractivity contribution is 0.475. The zero-order valence-electron chi connectivity index (χ0n) is 11.7. The van der Waals surface area contributed by atoms with E-state index in [2.05, 4.69) is 47.4 Å². The molecule has 3 rings (SSSR count). The Balaban J connectivity index is 1.87. The second kappa shape index (κ2) is 4.93. The van der Waals surface area contributed by atoms with Crippen molar-refractivity contribution in [3.8, 4) is 5.75 Å². The number of hydrogen-bond donors (Lipinski definition) is 2. The van der Waals surface area contributed by atoms with Crippen molar-refractivity contribution in [2.45, 2.75) is 13.5 Å². The molecular weight excluding hydrogens is 248 g/mol. The van der Waals surface area contributed by atoms with E-state index < -0.39 is 0 Å². The summed E-state index contributed by atoms with van der Waals surface area (Å²) in [6, 6.07) is 13.8. The fourth-order valence-corrected chi connectivity index (χ4v) is 2.60. The number of benzene rings is 2. The molecule has 0 saturated carbocycles. The van der Waals surface area contributed by atoms with Gasteiger partial charge in [-0.05, 0) is 42.3 Å². The van der Waals surface area contributed by atoms with E-state index in [1.165, 1.54) is 16.5 Å². The van der Waals surface area contributed by atoms with Gasteiger partial charge in [0.2, 0.25) is 0 Å². The van der Waals surface area contributed by atoms with Crippen LogP contribution in [0.5, 0.6) is 5.75 Å². The number of para-hydroxylation sites is 1. The number of phenolic OH excluding ortho intramolecular Hbond substituents is 1. The lowest BCUT2D eigenvalue weighted by atomic mass is 10.1. The molecule has 2 aromatic carbocycles. The number of aryl methyl sites for hydroxylation is 2. The van der Waals surface area contributed by atoms with Crippen LogP contribution in [0, 0.1) is 6.92 Å². The molecule has 0 saturated heterocycles. The number of anilines is 1. The van der Waals surface area contributed by atoms with Crippen molar-refractivity contribution >= 4 is 16.6 Å². The van der Waals surface area contributed by atoms with Crippen molar-refractivity contribution in [2.75, 3.05) is 5.32 Å². The van der Waals surface area contributed by atoms with Gasteiger partial charge in [0.15, 0.2) is 0 Å². The van der Waals surface area contributed by atoms with Gasteiger partial charge < -0.3 is 15.0 Å². The van der Waals surface area contributed by atoms with Crippen LogP contribution >= 0.6 is 0 Å². The van der Waals surface area contributed by atoms with E-state index in [4.69, 9.17) is 0 Å². The molecule has 3 nitrogen and oxygen atoms in total. The van der Waals surface area contributed by atoms with E-state index in [1.807, 2.05) is 13.0 Å². The summed E-state index contributed by atoms with van der Waals surface area (Å²) in [6.07, 6.45) is 2.16. The Labute approximate surface area is 118 Å². The van der Waals surface area contributed by atoms with Crippen LogP contribution in [0.1, 0.15) is 11.1 Å². The van der Waals surface area contributed by atoms with Crippen molar-refractivity contribution in [2.24, 2.45) is 7.05 Å². The second-order valence-electron chi connectivity index (χ2n) is 5.14. The molecule has 1 aromatic heterocycles. The molecule has 0 aliphatic heterocycles. The van der Waals surface area contributed by atoms with Crippen molar-refractivity contribution in [1.29, 1.82) is 0 Å². The monoisotopic (exact) mass is 266 g/mol. The normalized spacial score (nSPS) is 10.9. The lowest BCUT2D eigenvalue weighted by Gasteiger charge is -2.09. The number of aromatic hydroxyl groups is 1. The summed E-state index contributed by atoms with van der Waals surface area (Å²) in [5.41, 5.74) is 4.61. The van der Waals surface area contributed by atoms with E-state index in [0.29, 0.717) is 5.75 Å². The second-order valence-corrected chi connectivity index (χ2v) is 5.14. The molecule has 0 unspecified atom stereocenters. The standard InChI is InChI=1S/C17H18N2O/c1-12-9-14(20)7-8-16(12)18-10-13-11-19(2)17-6-4-3-5-15(13)17/h3-9,11,18,20H,10H2,1-2H3. The van der Waals surface area contributed by atoms with Crippen molar-refractivity contribution < 1.29 is 5.11 Å². The first kappa shape index (κ1) is 12.6. The molecule has 0 atom stereocenters. The van der Waals surface area contributed by atoms with Gasteiger partial charge in [0.25, 0.3) is 0 Å². The molecule has 0 fully saturated rings. The molecule has 102 valence electrons. The maximum atomic E-state index is 9.44. The van der Waals surface area contributed by atoms with Crippen LogP contribution in [0.3, 0.4) is 0 Å². The van der Waals surface area contributed by atoms with Gasteiger partial charge >= 0.3 is 0 Å². The molecule has 1 heterocycles. The minimum atomic E-state index is 0.304. The van der Waals surface area contributed by atoms with E-state index in [-0.39, 0.29) is 0 Å². The highest BCUT2D eigenvalue weighted by Crippen LogP contribution is 2.24. The number of hydrogen-bond acceptors (Lipinski definition) is 2. The van der Waals surface area contributed by atoms with Crippen LogP contribution in [-0.4, -0.2) is 9.67 Å². The molecule has 0 aliphatic rings. The highest BCUT2D eigenvalue weighted by atomic mass is 16.3. The van der Waals surface area contributed by atoms with Gasteiger partial charge in [-0.15, -0.1) is 0 Å². The fourth-order valence-electron chi connectivity index (χ4n) is 2.60. The highest BCUT2D eigenvalue weighted by Gasteiger charge is 2.06. The Morgan fingerprint density at radius 3 is 2.75 bits per heavy atom. The van der Waals surface area contributed by atoms with Gasteiger partial charge in [0.1, 0.15) is 5.75 Å². The number of nitrogens with zero attached hydrogens (tertiary/aromatic N) is 1. The molecule has 2 N–H and O–H groups in total. The zero-order valence-corrected chi connectivity index (χ0v) is 11.7. The van der Waals surface area contributed by atoms with Crippen LogP contribution < -0.4 is 5.32 Å². The van der Waals surface area contributed by atoms with Gasteiger partial charge in [-0.1, -0.05) is 18.2 Å². The summed E-state index contributed by atoms with van der Waals surface area (Å²) in [6.45, 7) is 2.76. The van der Waals surface area contributed by atoms with Crippen molar-refractivity contribution in [3.05, 3.63) is 59.8 Å². The van der Waals surface area contributed by atoms with E-state index in [9.17, 15) is 5.11 Å². The van der Waals surface area contributed by atoms with E-state index in [1.54, 1.807) is 12.1 Å². The molecule has 3 aromatic rings. The average molecular weight is 266 g/mol. The topological polar surface area (TPSA) is 37.2 Å². The molecule has 0 radical (unpaired) electrons. The Bertz CT molecular complexity index is 759. The largest absolute Gasteiger partial charge is 0.508 e. The summed E-state index contributed by atoms with van der Waals surface area (Å²) < 4.78 is 2.15. The third kappa shape index (κ3) is 2.23. The minimum absolute atomic E-state index is 0.304. The summed E-state index contributed by atoms with van der Waals surface area (Å²) >= 11 is 0. The molecule has 0 amide bonds. The molecule has 0 bridgehead atoms. The van der Waals surface area contributed by atoms with Gasteiger partial charge in [-0.2, -0.15) is 0 Å². The minimum Gasteiger partial charge on any atom is -0.508 e. The molecular formula is C17H18N2O. The number of rotatable bonds is 3. The zero-order chi connectivity index (χ0) is 14.1. The number of nitrogens with one attached hydrogen (secondary N) is 1. The summed E-state index contributed by atoms with van der Waals surface area (Å²) in [5, 5.41) is 14.2. The summed E-state index contributed by atoms with van der Waals surface area (Å²) in [4.78, 5) is 0. The average Bonchev–Trinajstić information content (AvgIpc) is 2.75. The Hall–Kier alpha value is -2.42. The molecule has 20 heavy (non-hydrogen) atoms. The number of aromatic nitrogens is 1. The summed E-state index contributed by atoms with van der Waals surface area (Å²) in [7, 11) is 2.07. The Morgan fingerprint density at radius 2 is 1.95 bits per heavy atom. The molecule has 0 aliphatic carbocycles. The predicted octanol–water partition coefficient (Wildman–Crippen LogP) is 3.80. The van der Waals surface area contributed by atoms with Crippen LogP contribution in [0.4, 0.5) is 5.69 Å². The number of fused-ring (bicyclic) bond motifs is 1.